The molecular weight excluding hydrogens is 323 g/mol. The molecule has 0 radical (unpaired) electrons. The number of pyridine rings is 1. The molecular formula is C19H19FN2O3. The Bertz CT molecular complexity index is 848. The minimum atomic E-state index is -0.667. The topological polar surface area (TPSA) is 60.5 Å². The molecule has 25 heavy (non-hydrogen) atoms. The molecule has 1 N–H and O–H groups in total. The van der Waals surface area contributed by atoms with Crippen molar-refractivity contribution in [3.05, 3.63) is 64.7 Å². The highest BCUT2D eigenvalue weighted by molar-refractivity contribution is 5.95. The Morgan fingerprint density at radius 1 is 1.32 bits per heavy atom. The first-order chi connectivity index (χ1) is 12.1. The molecule has 3 rings (SSSR count). The van der Waals surface area contributed by atoms with Crippen LogP contribution in [0.5, 0.6) is 5.88 Å². The molecule has 1 aliphatic heterocycles. The number of carbonyl (C=O) groups is 1. The molecule has 0 aliphatic carbocycles. The lowest BCUT2D eigenvalue weighted by Crippen LogP contribution is -2.25. The molecule has 2 aromatic rings. The van der Waals surface area contributed by atoms with E-state index in [4.69, 9.17) is 9.47 Å². The minimum Gasteiger partial charge on any atom is -0.481 e. The SMILES string of the molecule is CCOC(=O)C1=C(C)Nc2ccnc(OC)c2C1c1ccccc1F. The van der Waals surface area contributed by atoms with E-state index in [0.29, 0.717) is 28.3 Å². The van der Waals surface area contributed by atoms with Crippen molar-refractivity contribution in [2.75, 3.05) is 19.0 Å². The molecule has 1 aromatic heterocycles. The third-order valence-electron chi connectivity index (χ3n) is 4.16. The van der Waals surface area contributed by atoms with Gasteiger partial charge in [0, 0.05) is 23.1 Å². The monoisotopic (exact) mass is 342 g/mol. The molecule has 1 unspecified atom stereocenters. The third kappa shape index (κ3) is 2.95. The molecule has 0 saturated heterocycles. The number of esters is 1. The van der Waals surface area contributed by atoms with Crippen LogP contribution in [0.25, 0.3) is 0 Å². The molecule has 5 nitrogen and oxygen atoms in total. The van der Waals surface area contributed by atoms with Crippen LogP contribution < -0.4 is 10.1 Å². The zero-order chi connectivity index (χ0) is 18.0. The molecule has 130 valence electrons. The number of carbonyl (C=O) groups excluding carboxylic acids is 1. The van der Waals surface area contributed by atoms with Crippen molar-refractivity contribution in [2.24, 2.45) is 0 Å². The second-order valence-corrected chi connectivity index (χ2v) is 5.62. The van der Waals surface area contributed by atoms with Crippen molar-refractivity contribution in [3.8, 4) is 5.88 Å². The predicted molar refractivity (Wildman–Crippen MR) is 92.0 cm³/mol. The number of anilines is 1. The van der Waals surface area contributed by atoms with Gasteiger partial charge < -0.3 is 14.8 Å². The van der Waals surface area contributed by atoms with Gasteiger partial charge in [-0.15, -0.1) is 0 Å². The molecule has 1 aliphatic rings. The number of allylic oxidation sites excluding steroid dienone is 1. The fraction of sp³-hybridized carbons (Fsp3) is 0.263. The Morgan fingerprint density at radius 2 is 2.08 bits per heavy atom. The predicted octanol–water partition coefficient (Wildman–Crippen LogP) is 3.62. The van der Waals surface area contributed by atoms with Crippen LogP contribution in [0.3, 0.4) is 0 Å². The Kier molecular flexibility index (Phi) is 4.70. The van der Waals surface area contributed by atoms with Gasteiger partial charge in [0.2, 0.25) is 5.88 Å². The maximum absolute atomic E-state index is 14.6. The molecule has 0 spiro atoms. The fourth-order valence-corrected chi connectivity index (χ4v) is 3.13. The molecule has 0 saturated carbocycles. The average molecular weight is 342 g/mol. The number of methoxy groups -OCH3 is 1. The van der Waals surface area contributed by atoms with Crippen molar-refractivity contribution in [3.63, 3.8) is 0 Å². The van der Waals surface area contributed by atoms with Crippen LogP contribution in [0.4, 0.5) is 10.1 Å². The van der Waals surface area contributed by atoms with Gasteiger partial charge in [0.1, 0.15) is 5.82 Å². The zero-order valence-electron chi connectivity index (χ0n) is 14.3. The molecule has 1 aromatic carbocycles. The van der Waals surface area contributed by atoms with Gasteiger partial charge in [0.15, 0.2) is 0 Å². The first kappa shape index (κ1) is 17.0. The highest BCUT2D eigenvalue weighted by Gasteiger charge is 2.37. The van der Waals surface area contributed by atoms with Gasteiger partial charge >= 0.3 is 5.97 Å². The first-order valence-corrected chi connectivity index (χ1v) is 8.00. The summed E-state index contributed by atoms with van der Waals surface area (Å²) in [5.41, 5.74) is 2.69. The highest BCUT2D eigenvalue weighted by atomic mass is 19.1. The van der Waals surface area contributed by atoms with E-state index in [1.807, 2.05) is 0 Å². The zero-order valence-corrected chi connectivity index (χ0v) is 14.3. The van der Waals surface area contributed by atoms with Crippen molar-refractivity contribution >= 4 is 11.7 Å². The molecule has 2 heterocycles. The molecule has 0 fully saturated rings. The van der Waals surface area contributed by atoms with Crippen LogP contribution in [0, 0.1) is 5.82 Å². The number of rotatable bonds is 4. The van der Waals surface area contributed by atoms with Crippen molar-refractivity contribution in [1.82, 2.24) is 4.98 Å². The summed E-state index contributed by atoms with van der Waals surface area (Å²) < 4.78 is 25.2. The van der Waals surface area contributed by atoms with Crippen LogP contribution in [-0.2, 0) is 9.53 Å². The van der Waals surface area contributed by atoms with Gasteiger partial charge in [-0.3, -0.25) is 0 Å². The number of benzene rings is 1. The third-order valence-corrected chi connectivity index (χ3v) is 4.16. The van der Waals surface area contributed by atoms with Crippen LogP contribution in [0.1, 0.15) is 30.9 Å². The van der Waals surface area contributed by atoms with Gasteiger partial charge in [-0.2, -0.15) is 0 Å². The number of halogens is 1. The van der Waals surface area contributed by atoms with E-state index in [0.717, 1.165) is 5.69 Å². The van der Waals surface area contributed by atoms with Crippen molar-refractivity contribution < 1.29 is 18.7 Å². The highest BCUT2D eigenvalue weighted by Crippen LogP contribution is 2.46. The smallest absolute Gasteiger partial charge is 0.336 e. The van der Waals surface area contributed by atoms with E-state index in [9.17, 15) is 9.18 Å². The van der Waals surface area contributed by atoms with E-state index in [1.165, 1.54) is 13.2 Å². The Labute approximate surface area is 145 Å². The van der Waals surface area contributed by atoms with E-state index in [-0.39, 0.29) is 6.61 Å². The van der Waals surface area contributed by atoms with Gasteiger partial charge in [0.25, 0.3) is 0 Å². The standard InChI is InChI=1S/C19H19FN2O3/c1-4-25-19(23)15-11(2)22-14-9-10-21-18(24-3)17(14)16(15)12-7-5-6-8-13(12)20/h5-10,16,22H,4H2,1-3H3. The Hall–Kier alpha value is -2.89. The van der Waals surface area contributed by atoms with Gasteiger partial charge in [-0.1, -0.05) is 18.2 Å². The molecule has 0 amide bonds. The number of aromatic nitrogens is 1. The lowest BCUT2D eigenvalue weighted by Gasteiger charge is -2.30. The first-order valence-electron chi connectivity index (χ1n) is 8.00. The molecule has 1 atom stereocenters. The van der Waals surface area contributed by atoms with Gasteiger partial charge in [-0.25, -0.2) is 14.2 Å². The lowest BCUT2D eigenvalue weighted by atomic mass is 9.81. The molecule has 0 bridgehead atoms. The number of hydrogen-bond acceptors (Lipinski definition) is 5. The van der Waals surface area contributed by atoms with Crippen LogP contribution in [-0.4, -0.2) is 24.7 Å². The summed E-state index contributed by atoms with van der Waals surface area (Å²) in [6, 6.07) is 8.16. The summed E-state index contributed by atoms with van der Waals surface area (Å²) in [6.07, 6.45) is 1.60. The van der Waals surface area contributed by atoms with Crippen LogP contribution in [0.2, 0.25) is 0 Å². The largest absolute Gasteiger partial charge is 0.481 e. The normalized spacial score (nSPS) is 16.1. The maximum Gasteiger partial charge on any atom is 0.336 e. The van der Waals surface area contributed by atoms with Crippen molar-refractivity contribution in [1.29, 1.82) is 0 Å². The summed E-state index contributed by atoms with van der Waals surface area (Å²) >= 11 is 0. The van der Waals surface area contributed by atoms with E-state index >= 15 is 0 Å². The second-order valence-electron chi connectivity index (χ2n) is 5.62. The second kappa shape index (κ2) is 6.93. The summed E-state index contributed by atoms with van der Waals surface area (Å²) in [6.45, 7) is 3.74. The van der Waals surface area contributed by atoms with Crippen molar-refractivity contribution in [2.45, 2.75) is 19.8 Å². The lowest BCUT2D eigenvalue weighted by molar-refractivity contribution is -0.138. The van der Waals surface area contributed by atoms with E-state index in [1.54, 1.807) is 44.3 Å². The summed E-state index contributed by atoms with van der Waals surface area (Å²) in [7, 11) is 1.50. The van der Waals surface area contributed by atoms with E-state index < -0.39 is 17.7 Å². The molecule has 6 heteroatoms. The van der Waals surface area contributed by atoms with E-state index in [2.05, 4.69) is 10.3 Å². The quantitative estimate of drug-likeness (QED) is 0.860. The summed E-state index contributed by atoms with van der Waals surface area (Å²) in [4.78, 5) is 16.8. The summed E-state index contributed by atoms with van der Waals surface area (Å²) in [5.74, 6) is -1.22. The summed E-state index contributed by atoms with van der Waals surface area (Å²) in [5, 5.41) is 3.18. The maximum atomic E-state index is 14.6. The Balaban J connectivity index is 2.28. The Morgan fingerprint density at radius 3 is 2.76 bits per heavy atom. The number of hydrogen-bond donors (Lipinski definition) is 1. The average Bonchev–Trinajstić information content (AvgIpc) is 2.60. The van der Waals surface area contributed by atoms with Crippen LogP contribution >= 0.6 is 0 Å². The number of nitrogens with one attached hydrogen (secondary N) is 1. The number of fused-ring (bicyclic) bond motifs is 1. The minimum absolute atomic E-state index is 0.233. The number of nitrogens with zero attached hydrogens (tertiary/aromatic N) is 1. The van der Waals surface area contributed by atoms with Gasteiger partial charge in [0.05, 0.1) is 30.8 Å². The van der Waals surface area contributed by atoms with Gasteiger partial charge in [-0.05, 0) is 26.0 Å². The van der Waals surface area contributed by atoms with Crippen LogP contribution in [0.15, 0.2) is 47.8 Å². The number of ether oxygens (including phenoxy) is 2. The fourth-order valence-electron chi connectivity index (χ4n) is 3.13.